The zero-order valence-electron chi connectivity index (χ0n) is 11.1. The number of carbonyl (C=O) groups excluding carboxylic acids is 2. The number of nitrogens with one attached hydrogen (secondary N) is 1. The highest BCUT2D eigenvalue weighted by Crippen LogP contribution is 2.22. The second-order valence-corrected chi connectivity index (χ2v) is 4.90. The molecule has 21 heavy (non-hydrogen) atoms. The summed E-state index contributed by atoms with van der Waals surface area (Å²) in [5.74, 6) is -0.669. The maximum atomic E-state index is 11.8. The van der Waals surface area contributed by atoms with E-state index in [-0.39, 0.29) is 12.3 Å². The Morgan fingerprint density at radius 1 is 1.29 bits per heavy atom. The molecule has 1 fully saturated rings. The molecule has 2 unspecified atom stereocenters. The number of carbonyl (C=O) groups is 2. The number of aliphatic hydroxyl groups is 1. The van der Waals surface area contributed by atoms with Crippen molar-refractivity contribution in [2.75, 3.05) is 0 Å². The second-order valence-electron chi connectivity index (χ2n) is 4.90. The minimum atomic E-state index is -0.895. The van der Waals surface area contributed by atoms with Crippen LogP contribution < -0.4 is 5.32 Å². The number of imide groups is 1. The molecule has 0 spiro atoms. The van der Waals surface area contributed by atoms with Crippen molar-refractivity contribution >= 4 is 11.8 Å². The van der Waals surface area contributed by atoms with E-state index in [1.165, 1.54) is 10.9 Å². The Hall–Kier alpha value is -2.54. The standard InChI is InChI=1S/C14H14N4O3/c19-12-7-6-11(14(21)15-12)18-8-10(16-17-18)13(20)9-4-2-1-3-5-9/h1-5,8,11,13,20H,6-7H2,(H,15,19,21). The smallest absolute Gasteiger partial charge is 0.251 e. The first kappa shape index (κ1) is 13.4. The van der Waals surface area contributed by atoms with E-state index in [9.17, 15) is 14.7 Å². The minimum absolute atomic E-state index is 0.271. The van der Waals surface area contributed by atoms with Gasteiger partial charge in [0.15, 0.2) is 0 Å². The molecular formula is C14H14N4O3. The van der Waals surface area contributed by atoms with Gasteiger partial charge in [0.2, 0.25) is 5.91 Å². The topological polar surface area (TPSA) is 97.1 Å². The van der Waals surface area contributed by atoms with Gasteiger partial charge in [0.05, 0.1) is 6.20 Å². The minimum Gasteiger partial charge on any atom is -0.382 e. The SMILES string of the molecule is O=C1CCC(n2cc(C(O)c3ccccc3)nn2)C(=O)N1. The molecule has 2 aromatic rings. The van der Waals surface area contributed by atoms with Gasteiger partial charge in [-0.05, 0) is 12.0 Å². The highest BCUT2D eigenvalue weighted by molar-refractivity contribution is 5.99. The molecule has 1 aliphatic heterocycles. The number of piperidine rings is 1. The first-order valence-corrected chi connectivity index (χ1v) is 6.63. The van der Waals surface area contributed by atoms with Gasteiger partial charge in [0, 0.05) is 6.42 Å². The lowest BCUT2D eigenvalue weighted by Gasteiger charge is -2.20. The van der Waals surface area contributed by atoms with Gasteiger partial charge in [0.1, 0.15) is 17.8 Å². The maximum Gasteiger partial charge on any atom is 0.251 e. The average Bonchev–Trinajstić information content (AvgIpc) is 2.97. The van der Waals surface area contributed by atoms with Gasteiger partial charge in [-0.2, -0.15) is 0 Å². The number of hydrogen-bond donors (Lipinski definition) is 2. The van der Waals surface area contributed by atoms with E-state index in [1.807, 2.05) is 18.2 Å². The van der Waals surface area contributed by atoms with Crippen LogP contribution in [0.5, 0.6) is 0 Å². The molecule has 1 aliphatic rings. The normalized spacial score (nSPS) is 20.1. The fourth-order valence-electron chi connectivity index (χ4n) is 2.31. The Labute approximate surface area is 120 Å². The lowest BCUT2D eigenvalue weighted by Crippen LogP contribution is -2.41. The van der Waals surface area contributed by atoms with Gasteiger partial charge in [-0.3, -0.25) is 14.9 Å². The summed E-state index contributed by atoms with van der Waals surface area (Å²) < 4.78 is 1.39. The number of aromatic nitrogens is 3. The molecule has 2 atom stereocenters. The maximum absolute atomic E-state index is 11.8. The largest absolute Gasteiger partial charge is 0.382 e. The van der Waals surface area contributed by atoms with Crippen LogP contribution in [0.2, 0.25) is 0 Å². The fourth-order valence-corrected chi connectivity index (χ4v) is 2.31. The number of hydrogen-bond acceptors (Lipinski definition) is 5. The third kappa shape index (κ3) is 2.68. The molecule has 2 amide bonds. The zero-order chi connectivity index (χ0) is 14.8. The van der Waals surface area contributed by atoms with Gasteiger partial charge >= 0.3 is 0 Å². The summed E-state index contributed by atoms with van der Waals surface area (Å²) in [7, 11) is 0. The van der Waals surface area contributed by atoms with Crippen molar-refractivity contribution in [3.8, 4) is 0 Å². The third-order valence-corrected chi connectivity index (χ3v) is 3.45. The van der Waals surface area contributed by atoms with Crippen molar-refractivity contribution in [2.24, 2.45) is 0 Å². The Balaban J connectivity index is 1.80. The van der Waals surface area contributed by atoms with Gasteiger partial charge in [-0.25, -0.2) is 4.68 Å². The molecule has 7 heteroatoms. The predicted molar refractivity (Wildman–Crippen MR) is 71.9 cm³/mol. The molecule has 1 saturated heterocycles. The van der Waals surface area contributed by atoms with Crippen LogP contribution in [0.1, 0.15) is 36.2 Å². The molecule has 2 heterocycles. The van der Waals surface area contributed by atoms with E-state index < -0.39 is 18.1 Å². The molecule has 0 bridgehead atoms. The molecule has 0 saturated carbocycles. The van der Waals surface area contributed by atoms with Crippen LogP contribution in [0.4, 0.5) is 0 Å². The van der Waals surface area contributed by atoms with Gasteiger partial charge < -0.3 is 5.11 Å². The summed E-state index contributed by atoms with van der Waals surface area (Å²) >= 11 is 0. The zero-order valence-corrected chi connectivity index (χ0v) is 11.1. The van der Waals surface area contributed by atoms with Crippen LogP contribution in [-0.4, -0.2) is 31.9 Å². The Morgan fingerprint density at radius 2 is 2.05 bits per heavy atom. The van der Waals surface area contributed by atoms with Crippen LogP contribution in [0.15, 0.2) is 36.5 Å². The highest BCUT2D eigenvalue weighted by atomic mass is 16.3. The fraction of sp³-hybridized carbons (Fsp3) is 0.286. The van der Waals surface area contributed by atoms with Crippen LogP contribution in [-0.2, 0) is 9.59 Å². The molecule has 0 radical (unpaired) electrons. The first-order chi connectivity index (χ1) is 10.1. The summed E-state index contributed by atoms with van der Waals surface area (Å²) in [5, 5.41) is 20.3. The van der Waals surface area contributed by atoms with Crippen LogP contribution in [0.25, 0.3) is 0 Å². The average molecular weight is 286 g/mol. The Morgan fingerprint density at radius 3 is 2.76 bits per heavy atom. The predicted octanol–water partition coefficient (Wildman–Crippen LogP) is 0.338. The van der Waals surface area contributed by atoms with Gasteiger partial charge in [-0.1, -0.05) is 35.5 Å². The van der Waals surface area contributed by atoms with Crippen molar-refractivity contribution in [1.29, 1.82) is 0 Å². The summed E-state index contributed by atoms with van der Waals surface area (Å²) in [4.78, 5) is 22.9. The lowest BCUT2D eigenvalue weighted by atomic mass is 10.1. The van der Waals surface area contributed by atoms with E-state index in [0.717, 1.165) is 0 Å². The van der Waals surface area contributed by atoms with Crippen LogP contribution in [0, 0.1) is 0 Å². The molecule has 1 aromatic carbocycles. The summed E-state index contributed by atoms with van der Waals surface area (Å²) in [6, 6.07) is 8.51. The molecule has 2 N–H and O–H groups in total. The molecule has 7 nitrogen and oxygen atoms in total. The Kier molecular flexibility index (Phi) is 3.49. The monoisotopic (exact) mass is 286 g/mol. The third-order valence-electron chi connectivity index (χ3n) is 3.45. The molecule has 1 aromatic heterocycles. The summed E-state index contributed by atoms with van der Waals surface area (Å²) in [5.41, 5.74) is 1.07. The quantitative estimate of drug-likeness (QED) is 0.793. The van der Waals surface area contributed by atoms with Gasteiger partial charge in [0.25, 0.3) is 5.91 Å². The number of rotatable bonds is 3. The second kappa shape index (κ2) is 5.45. The summed E-state index contributed by atoms with van der Waals surface area (Å²) in [6.45, 7) is 0. The number of benzene rings is 1. The molecule has 0 aliphatic carbocycles. The molecule has 108 valence electrons. The first-order valence-electron chi connectivity index (χ1n) is 6.63. The highest BCUT2D eigenvalue weighted by Gasteiger charge is 2.29. The van der Waals surface area contributed by atoms with Gasteiger partial charge in [-0.15, -0.1) is 5.10 Å². The van der Waals surface area contributed by atoms with E-state index in [1.54, 1.807) is 12.1 Å². The van der Waals surface area contributed by atoms with Crippen LogP contribution in [0.3, 0.4) is 0 Å². The van der Waals surface area contributed by atoms with Crippen molar-refractivity contribution in [1.82, 2.24) is 20.3 Å². The van der Waals surface area contributed by atoms with E-state index in [4.69, 9.17) is 0 Å². The molecule has 3 rings (SSSR count). The molecular weight excluding hydrogens is 272 g/mol. The van der Waals surface area contributed by atoms with E-state index in [2.05, 4.69) is 15.6 Å². The summed E-state index contributed by atoms with van der Waals surface area (Å²) in [6.07, 6.45) is 1.30. The van der Waals surface area contributed by atoms with Crippen molar-refractivity contribution in [3.05, 3.63) is 47.8 Å². The van der Waals surface area contributed by atoms with Crippen molar-refractivity contribution in [3.63, 3.8) is 0 Å². The van der Waals surface area contributed by atoms with E-state index in [0.29, 0.717) is 17.7 Å². The van der Waals surface area contributed by atoms with Crippen LogP contribution >= 0.6 is 0 Å². The van der Waals surface area contributed by atoms with E-state index >= 15 is 0 Å². The lowest BCUT2D eigenvalue weighted by molar-refractivity contribution is -0.136. The Bertz CT molecular complexity index is 668. The number of amides is 2. The number of aliphatic hydroxyl groups excluding tert-OH is 1. The number of nitrogens with zero attached hydrogens (tertiary/aromatic N) is 3. The van der Waals surface area contributed by atoms with Crippen molar-refractivity contribution < 1.29 is 14.7 Å². The van der Waals surface area contributed by atoms with Crippen molar-refractivity contribution in [2.45, 2.75) is 25.0 Å².